The van der Waals surface area contributed by atoms with Crippen LogP contribution in [0.2, 0.25) is 0 Å². The number of hydrogen-bond acceptors (Lipinski definition) is 6. The van der Waals surface area contributed by atoms with Crippen LogP contribution in [0.4, 0.5) is 5.69 Å². The summed E-state index contributed by atoms with van der Waals surface area (Å²) in [7, 11) is -1.90. The highest BCUT2D eigenvalue weighted by molar-refractivity contribution is 7.91. The number of thiophene rings is 1. The number of likely N-dealkylation sites (tertiary alicyclic amines) is 1. The summed E-state index contributed by atoms with van der Waals surface area (Å²) >= 11 is 1.21. The number of hydrogen-bond donors (Lipinski definition) is 2. The average molecular weight is 424 g/mol. The molecule has 1 aliphatic rings. The first-order chi connectivity index (χ1) is 13.4. The van der Waals surface area contributed by atoms with E-state index in [1.54, 1.807) is 36.8 Å². The lowest BCUT2D eigenvalue weighted by Gasteiger charge is -2.35. The molecule has 28 heavy (non-hydrogen) atoms. The Morgan fingerprint density at radius 2 is 1.93 bits per heavy atom. The van der Waals surface area contributed by atoms with E-state index >= 15 is 0 Å². The second kappa shape index (κ2) is 9.04. The summed E-state index contributed by atoms with van der Waals surface area (Å²) in [5.74, 6) is 0.506. The standard InChI is InChI=1S/C19H25N3O4S2/c1-14(19(23)20-16-6-3-4-7-17(16)26-2)22-11-9-15(10-12-22)21-28(24,25)18-8-5-13-27-18/h3-8,13-15,21H,9-12H2,1-2H3,(H,20,23)/t14-/m1/s1. The molecule has 1 saturated heterocycles. The van der Waals surface area contributed by atoms with Crippen LogP contribution < -0.4 is 14.8 Å². The zero-order chi connectivity index (χ0) is 20.1. The summed E-state index contributed by atoms with van der Waals surface area (Å²) in [4.78, 5) is 14.7. The third kappa shape index (κ3) is 4.91. The Morgan fingerprint density at radius 1 is 1.21 bits per heavy atom. The Kier molecular flexibility index (Phi) is 6.71. The minimum absolute atomic E-state index is 0.109. The lowest BCUT2D eigenvalue weighted by molar-refractivity contribution is -0.121. The highest BCUT2D eigenvalue weighted by Crippen LogP contribution is 2.24. The number of anilines is 1. The lowest BCUT2D eigenvalue weighted by atomic mass is 10.0. The number of amides is 1. The van der Waals surface area contributed by atoms with Crippen molar-refractivity contribution >= 4 is 33.0 Å². The van der Waals surface area contributed by atoms with Gasteiger partial charge in [-0.1, -0.05) is 18.2 Å². The third-order valence-electron chi connectivity index (χ3n) is 4.90. The van der Waals surface area contributed by atoms with Gasteiger partial charge in [0.1, 0.15) is 9.96 Å². The highest BCUT2D eigenvalue weighted by atomic mass is 32.2. The van der Waals surface area contributed by atoms with E-state index in [0.717, 1.165) is 0 Å². The van der Waals surface area contributed by atoms with Crippen LogP contribution in [0.3, 0.4) is 0 Å². The molecule has 0 spiro atoms. The first-order valence-corrected chi connectivity index (χ1v) is 11.5. The normalized spacial score (nSPS) is 17.2. The van der Waals surface area contributed by atoms with Gasteiger partial charge in [0, 0.05) is 19.1 Å². The molecular formula is C19H25N3O4S2. The van der Waals surface area contributed by atoms with Gasteiger partial charge < -0.3 is 10.1 Å². The van der Waals surface area contributed by atoms with Crippen LogP contribution in [-0.4, -0.2) is 51.5 Å². The van der Waals surface area contributed by atoms with Crippen LogP contribution >= 0.6 is 11.3 Å². The number of rotatable bonds is 7. The molecule has 1 atom stereocenters. The molecule has 1 aliphatic heterocycles. The van der Waals surface area contributed by atoms with Crippen LogP contribution in [0.5, 0.6) is 5.75 Å². The van der Waals surface area contributed by atoms with Gasteiger partial charge in [0.25, 0.3) is 0 Å². The number of carbonyl (C=O) groups is 1. The summed E-state index contributed by atoms with van der Waals surface area (Å²) in [6.45, 7) is 3.16. The van der Waals surface area contributed by atoms with Crippen molar-refractivity contribution in [2.45, 2.75) is 36.1 Å². The topological polar surface area (TPSA) is 87.7 Å². The quantitative estimate of drug-likeness (QED) is 0.715. The fourth-order valence-electron chi connectivity index (χ4n) is 3.25. The zero-order valence-corrected chi connectivity index (χ0v) is 17.6. The first kappa shape index (κ1) is 20.8. The maximum absolute atomic E-state index is 12.6. The Hall–Kier alpha value is -1.94. The van der Waals surface area contributed by atoms with Crippen molar-refractivity contribution in [2.24, 2.45) is 0 Å². The fourth-order valence-corrected chi connectivity index (χ4v) is 5.56. The monoisotopic (exact) mass is 423 g/mol. The summed E-state index contributed by atoms with van der Waals surface area (Å²) in [5, 5.41) is 4.66. The van der Waals surface area contributed by atoms with Gasteiger partial charge in [-0.15, -0.1) is 11.3 Å². The highest BCUT2D eigenvalue weighted by Gasteiger charge is 2.29. The van der Waals surface area contributed by atoms with Crippen molar-refractivity contribution in [3.63, 3.8) is 0 Å². The SMILES string of the molecule is COc1ccccc1NC(=O)[C@@H](C)N1CCC(NS(=O)(=O)c2cccs2)CC1. The second-order valence-corrected chi connectivity index (χ2v) is 9.62. The number of piperidine rings is 1. The molecule has 9 heteroatoms. The maximum Gasteiger partial charge on any atom is 0.250 e. The maximum atomic E-state index is 12.6. The molecule has 0 unspecified atom stereocenters. The molecule has 1 aromatic carbocycles. The summed E-state index contributed by atoms with van der Waals surface area (Å²) in [6, 6.07) is 10.2. The first-order valence-electron chi connectivity index (χ1n) is 9.14. The zero-order valence-electron chi connectivity index (χ0n) is 15.9. The van der Waals surface area contributed by atoms with E-state index < -0.39 is 10.0 Å². The average Bonchev–Trinajstić information content (AvgIpc) is 3.24. The van der Waals surface area contributed by atoms with E-state index in [4.69, 9.17) is 4.74 Å². The molecule has 2 aromatic rings. The number of methoxy groups -OCH3 is 1. The lowest BCUT2D eigenvalue weighted by Crippen LogP contribution is -2.50. The van der Waals surface area contributed by atoms with Crippen LogP contribution in [0.1, 0.15) is 19.8 Å². The second-order valence-electron chi connectivity index (χ2n) is 6.73. The minimum Gasteiger partial charge on any atom is -0.495 e. The van der Waals surface area contributed by atoms with Crippen molar-refractivity contribution < 1.29 is 17.9 Å². The number of nitrogens with one attached hydrogen (secondary N) is 2. The molecule has 2 heterocycles. The van der Waals surface area contributed by atoms with Crippen molar-refractivity contribution in [3.8, 4) is 5.75 Å². The summed E-state index contributed by atoms with van der Waals surface area (Å²) in [5.41, 5.74) is 0.639. The number of ether oxygens (including phenoxy) is 1. The number of para-hydroxylation sites is 2. The van der Waals surface area contributed by atoms with Gasteiger partial charge in [0.15, 0.2) is 0 Å². The van der Waals surface area contributed by atoms with Crippen molar-refractivity contribution in [3.05, 3.63) is 41.8 Å². The van der Waals surface area contributed by atoms with Gasteiger partial charge >= 0.3 is 0 Å². The molecule has 1 fully saturated rings. The van der Waals surface area contributed by atoms with Crippen molar-refractivity contribution in [1.82, 2.24) is 9.62 Å². The molecule has 1 aromatic heterocycles. The van der Waals surface area contributed by atoms with Gasteiger partial charge in [0.2, 0.25) is 15.9 Å². The van der Waals surface area contributed by atoms with E-state index in [0.29, 0.717) is 41.6 Å². The van der Waals surface area contributed by atoms with Gasteiger partial charge in [-0.3, -0.25) is 9.69 Å². The van der Waals surface area contributed by atoms with Crippen LogP contribution in [0.25, 0.3) is 0 Å². The Labute approximate surface area is 169 Å². The van der Waals surface area contributed by atoms with Crippen LogP contribution in [0, 0.1) is 0 Å². The fraction of sp³-hybridized carbons (Fsp3) is 0.421. The molecule has 3 rings (SSSR count). The van der Waals surface area contributed by atoms with Gasteiger partial charge in [-0.05, 0) is 43.3 Å². The smallest absolute Gasteiger partial charge is 0.250 e. The molecule has 7 nitrogen and oxygen atoms in total. The molecule has 1 amide bonds. The number of nitrogens with zero attached hydrogens (tertiary/aromatic N) is 1. The van der Waals surface area contributed by atoms with Crippen LogP contribution in [-0.2, 0) is 14.8 Å². The van der Waals surface area contributed by atoms with Gasteiger partial charge in [0.05, 0.1) is 18.8 Å². The van der Waals surface area contributed by atoms with E-state index in [1.807, 2.05) is 19.1 Å². The molecule has 2 N–H and O–H groups in total. The number of benzene rings is 1. The molecule has 0 aliphatic carbocycles. The predicted molar refractivity (Wildman–Crippen MR) is 110 cm³/mol. The Balaban J connectivity index is 1.53. The summed E-state index contributed by atoms with van der Waals surface area (Å²) < 4.78 is 33.1. The van der Waals surface area contributed by atoms with Crippen molar-refractivity contribution in [1.29, 1.82) is 0 Å². The Bertz CT molecular complexity index is 892. The minimum atomic E-state index is -3.46. The number of sulfonamides is 1. The van der Waals surface area contributed by atoms with Crippen LogP contribution in [0.15, 0.2) is 46.0 Å². The van der Waals surface area contributed by atoms with Gasteiger partial charge in [-0.2, -0.15) is 0 Å². The molecular weight excluding hydrogens is 398 g/mol. The molecule has 152 valence electrons. The summed E-state index contributed by atoms with van der Waals surface area (Å²) in [6.07, 6.45) is 1.33. The van der Waals surface area contributed by atoms with E-state index in [2.05, 4.69) is 14.9 Å². The molecule has 0 bridgehead atoms. The van der Waals surface area contributed by atoms with Gasteiger partial charge in [-0.25, -0.2) is 13.1 Å². The van der Waals surface area contributed by atoms with Crippen molar-refractivity contribution in [2.75, 3.05) is 25.5 Å². The van der Waals surface area contributed by atoms with E-state index in [-0.39, 0.29) is 18.0 Å². The molecule has 0 radical (unpaired) electrons. The van der Waals surface area contributed by atoms with E-state index in [1.165, 1.54) is 11.3 Å². The number of carbonyl (C=O) groups excluding carboxylic acids is 1. The van der Waals surface area contributed by atoms with E-state index in [9.17, 15) is 13.2 Å². The third-order valence-corrected chi connectivity index (χ3v) is 7.82. The molecule has 0 saturated carbocycles. The Morgan fingerprint density at radius 3 is 2.57 bits per heavy atom. The predicted octanol–water partition coefficient (Wildman–Crippen LogP) is 2.53. The largest absolute Gasteiger partial charge is 0.495 e.